The lowest BCUT2D eigenvalue weighted by Gasteiger charge is -2.63. The maximum Gasteiger partial charge on any atom is 0.184 e. The van der Waals surface area contributed by atoms with E-state index in [4.69, 9.17) is 18.9 Å². The zero-order valence-corrected chi connectivity index (χ0v) is 20.9. The first-order valence-electron chi connectivity index (χ1n) is 13.2. The number of ether oxygens (including phenoxy) is 4. The van der Waals surface area contributed by atoms with Crippen LogP contribution in [0.25, 0.3) is 0 Å². The number of carbonyl (C=O) groups excluding carboxylic acids is 1. The summed E-state index contributed by atoms with van der Waals surface area (Å²) in [5.74, 6) is 1.40. The van der Waals surface area contributed by atoms with Crippen LogP contribution in [0, 0.1) is 39.4 Å². The van der Waals surface area contributed by atoms with Crippen molar-refractivity contribution in [1.82, 2.24) is 0 Å². The van der Waals surface area contributed by atoms with E-state index in [0.29, 0.717) is 29.7 Å². The lowest BCUT2D eigenvalue weighted by atomic mass is 9.42. The zero-order valence-electron chi connectivity index (χ0n) is 20.9. The molecule has 188 valence electrons. The normalized spacial score (nSPS) is 51.1. The van der Waals surface area contributed by atoms with E-state index in [2.05, 4.69) is 13.8 Å². The Morgan fingerprint density at radius 2 is 2.00 bits per heavy atom. The highest BCUT2D eigenvalue weighted by molar-refractivity contribution is 6.05. The number of hydrogen-bond acceptors (Lipinski definition) is 6. The Hall–Kier alpha value is -1.21. The van der Waals surface area contributed by atoms with E-state index >= 15 is 0 Å². The smallest absolute Gasteiger partial charge is 0.184 e. The number of allylic oxidation sites excluding steroid dienone is 2. The molecule has 5 unspecified atom stereocenters. The van der Waals surface area contributed by atoms with Crippen LogP contribution in [-0.4, -0.2) is 57.3 Å². The van der Waals surface area contributed by atoms with E-state index in [9.17, 15) is 9.90 Å². The van der Waals surface area contributed by atoms with Gasteiger partial charge in [-0.05, 0) is 79.6 Å². The van der Waals surface area contributed by atoms with Crippen molar-refractivity contribution in [2.24, 2.45) is 39.4 Å². The summed E-state index contributed by atoms with van der Waals surface area (Å²) in [6, 6.07) is 0. The van der Waals surface area contributed by atoms with Gasteiger partial charge in [0.25, 0.3) is 0 Å². The van der Waals surface area contributed by atoms with Gasteiger partial charge >= 0.3 is 0 Å². The third-order valence-electron chi connectivity index (χ3n) is 11.6. The lowest BCUT2D eigenvalue weighted by molar-refractivity contribution is -0.201. The molecule has 6 aliphatic rings. The molecule has 2 spiro atoms. The molecule has 5 fully saturated rings. The minimum absolute atomic E-state index is 0.0328. The molecule has 0 aromatic rings. The Kier molecular flexibility index (Phi) is 5.39. The van der Waals surface area contributed by atoms with Crippen molar-refractivity contribution in [1.29, 1.82) is 0 Å². The van der Waals surface area contributed by atoms with Crippen LogP contribution in [0.1, 0.15) is 58.8 Å². The van der Waals surface area contributed by atoms with Gasteiger partial charge in [0.1, 0.15) is 6.79 Å². The number of aliphatic hydroxyl groups is 1. The molecule has 2 heterocycles. The second-order valence-electron chi connectivity index (χ2n) is 12.5. The van der Waals surface area contributed by atoms with Crippen LogP contribution >= 0.6 is 0 Å². The van der Waals surface area contributed by atoms with Crippen molar-refractivity contribution >= 4 is 5.78 Å². The molecule has 4 aliphatic carbocycles. The summed E-state index contributed by atoms with van der Waals surface area (Å²) in [6.45, 7) is 8.46. The van der Waals surface area contributed by atoms with E-state index in [1.54, 1.807) is 7.11 Å². The van der Waals surface area contributed by atoms with Crippen LogP contribution in [0.3, 0.4) is 0 Å². The number of rotatable bonds is 3. The van der Waals surface area contributed by atoms with Gasteiger partial charge in [0, 0.05) is 30.1 Å². The van der Waals surface area contributed by atoms with Crippen molar-refractivity contribution in [2.45, 2.75) is 64.9 Å². The standard InChI is InChI=1S/C28H40O6/c1-25-11-18(13-29)22(30)10-19(25)4-5-20-21-6-7-28(16-33-15-27(28)8-9-32-14-27)26(21,2)12-23(24(20)25)34-17-31-3/h10,13,20-21,23-24,29H,4-9,11-12,14-17H2,1-3H3/b18-13-/t20?,21?,23?,24?,25-,26-,27?,28+/m0/s1. The Balaban J connectivity index is 1.43. The van der Waals surface area contributed by atoms with Gasteiger partial charge in [0.2, 0.25) is 0 Å². The topological polar surface area (TPSA) is 74.2 Å². The molecule has 6 nitrogen and oxygen atoms in total. The summed E-state index contributed by atoms with van der Waals surface area (Å²) in [4.78, 5) is 12.6. The average Bonchev–Trinajstić information content (AvgIpc) is 3.52. The predicted octanol–water partition coefficient (Wildman–Crippen LogP) is 4.59. The van der Waals surface area contributed by atoms with Crippen LogP contribution < -0.4 is 0 Å². The number of carbonyl (C=O) groups is 1. The second kappa shape index (κ2) is 7.89. The van der Waals surface area contributed by atoms with E-state index in [1.165, 1.54) is 18.4 Å². The predicted molar refractivity (Wildman–Crippen MR) is 126 cm³/mol. The molecule has 34 heavy (non-hydrogen) atoms. The third kappa shape index (κ3) is 2.80. The molecule has 0 aromatic carbocycles. The molecule has 6 heteroatoms. The van der Waals surface area contributed by atoms with Gasteiger partial charge in [0.05, 0.1) is 32.2 Å². The van der Waals surface area contributed by atoms with Crippen molar-refractivity contribution < 1.29 is 28.8 Å². The first kappa shape index (κ1) is 23.2. The van der Waals surface area contributed by atoms with Gasteiger partial charge < -0.3 is 24.1 Å². The Bertz CT molecular complexity index is 912. The van der Waals surface area contributed by atoms with E-state index in [-0.39, 0.29) is 40.3 Å². The summed E-state index contributed by atoms with van der Waals surface area (Å²) in [6.07, 6.45) is 10.1. The highest BCUT2D eigenvalue weighted by Crippen LogP contribution is 2.75. The van der Waals surface area contributed by atoms with Crippen LogP contribution in [0.2, 0.25) is 0 Å². The molecule has 0 aromatic heterocycles. The minimum Gasteiger partial charge on any atom is -0.515 e. The van der Waals surface area contributed by atoms with Gasteiger partial charge in [-0.3, -0.25) is 4.79 Å². The van der Waals surface area contributed by atoms with Crippen LogP contribution in [0.15, 0.2) is 23.5 Å². The Morgan fingerprint density at radius 1 is 1.18 bits per heavy atom. The summed E-state index contributed by atoms with van der Waals surface area (Å²) in [5.41, 5.74) is 1.98. The van der Waals surface area contributed by atoms with E-state index in [1.807, 2.05) is 6.08 Å². The zero-order chi connectivity index (χ0) is 23.8. The van der Waals surface area contributed by atoms with Gasteiger partial charge in [-0.2, -0.15) is 0 Å². The Labute approximate surface area is 203 Å². The number of aliphatic hydroxyl groups excluding tert-OH is 1. The third-order valence-corrected chi connectivity index (χ3v) is 11.6. The number of hydrogen-bond donors (Lipinski definition) is 1. The molecule has 0 bridgehead atoms. The largest absolute Gasteiger partial charge is 0.515 e. The molecule has 0 amide bonds. The highest BCUT2D eigenvalue weighted by atomic mass is 16.7. The summed E-state index contributed by atoms with van der Waals surface area (Å²) < 4.78 is 24.3. The lowest BCUT2D eigenvalue weighted by Crippen LogP contribution is -2.61. The molecule has 8 atom stereocenters. The summed E-state index contributed by atoms with van der Waals surface area (Å²) in [7, 11) is 1.69. The fourth-order valence-corrected chi connectivity index (χ4v) is 10.1. The second-order valence-corrected chi connectivity index (χ2v) is 12.5. The van der Waals surface area contributed by atoms with Gasteiger partial charge in [0.15, 0.2) is 5.78 Å². The molecular formula is C28H40O6. The maximum atomic E-state index is 12.6. The van der Waals surface area contributed by atoms with E-state index < -0.39 is 0 Å². The van der Waals surface area contributed by atoms with Crippen LogP contribution in [-0.2, 0) is 23.7 Å². The van der Waals surface area contributed by atoms with Crippen LogP contribution in [0.5, 0.6) is 0 Å². The molecule has 3 saturated carbocycles. The summed E-state index contributed by atoms with van der Waals surface area (Å²) >= 11 is 0. The number of fused-ring (bicyclic) bond motifs is 7. The molecule has 0 radical (unpaired) electrons. The highest BCUT2D eigenvalue weighted by Gasteiger charge is 2.73. The molecular weight excluding hydrogens is 432 g/mol. The first-order chi connectivity index (χ1) is 16.3. The number of ketones is 1. The molecule has 6 rings (SSSR count). The molecule has 1 N–H and O–H groups in total. The Morgan fingerprint density at radius 3 is 2.74 bits per heavy atom. The van der Waals surface area contributed by atoms with Crippen molar-refractivity contribution in [3.63, 3.8) is 0 Å². The fraction of sp³-hybridized carbons (Fsp3) is 0.821. The SMILES string of the molecule is COCOC1C[C@@]2(C)C(CC[C@@]23COCC32CCOC2)C2CCC3=CC(=O)/C(=C\O)C[C@]3(C)C12. The van der Waals surface area contributed by atoms with Crippen molar-refractivity contribution in [2.75, 3.05) is 40.3 Å². The van der Waals surface area contributed by atoms with Gasteiger partial charge in [-0.1, -0.05) is 19.4 Å². The summed E-state index contributed by atoms with van der Waals surface area (Å²) in [5, 5.41) is 9.83. The fourth-order valence-electron chi connectivity index (χ4n) is 10.1. The van der Waals surface area contributed by atoms with Crippen molar-refractivity contribution in [3.8, 4) is 0 Å². The van der Waals surface area contributed by atoms with Gasteiger partial charge in [-0.25, -0.2) is 0 Å². The first-order valence-corrected chi connectivity index (χ1v) is 13.2. The molecule has 2 aliphatic heterocycles. The van der Waals surface area contributed by atoms with Gasteiger partial charge in [-0.15, -0.1) is 0 Å². The average molecular weight is 473 g/mol. The van der Waals surface area contributed by atoms with Crippen LogP contribution in [0.4, 0.5) is 0 Å². The quantitative estimate of drug-likeness (QED) is 0.368. The minimum atomic E-state index is -0.179. The monoisotopic (exact) mass is 472 g/mol. The molecule has 2 saturated heterocycles. The van der Waals surface area contributed by atoms with E-state index in [0.717, 1.165) is 58.4 Å². The maximum absolute atomic E-state index is 12.6. The number of methoxy groups -OCH3 is 1. The van der Waals surface area contributed by atoms with Crippen molar-refractivity contribution in [3.05, 3.63) is 23.5 Å².